The quantitative estimate of drug-likeness (QED) is 0.608. The Labute approximate surface area is 165 Å². The van der Waals surface area contributed by atoms with Gasteiger partial charge in [0.05, 0.1) is 14.2 Å². The lowest BCUT2D eigenvalue weighted by Crippen LogP contribution is -2.37. The van der Waals surface area contributed by atoms with Crippen molar-refractivity contribution < 1.29 is 29.2 Å². The van der Waals surface area contributed by atoms with E-state index in [4.69, 9.17) is 14.2 Å². The second kappa shape index (κ2) is 10.3. The van der Waals surface area contributed by atoms with Crippen molar-refractivity contribution in [1.82, 2.24) is 4.90 Å². The van der Waals surface area contributed by atoms with E-state index in [1.54, 1.807) is 29.2 Å². The van der Waals surface area contributed by atoms with Gasteiger partial charge in [-0.2, -0.15) is 0 Å². The number of hydrogen-bond donors (Lipinski definition) is 2. The number of para-hydroxylation sites is 1. The smallest absolute Gasteiger partial charge is 0.260 e. The van der Waals surface area contributed by atoms with Gasteiger partial charge in [0.25, 0.3) is 5.91 Å². The standard InChI is InChI=1S/C21H27NO6/c1-4-11-22(12-10-15-8-9-16(23)17(24)13-15)20(25)14-28-21-18(26-2)6-5-7-19(21)27-3/h5-9,13,23-24H,4,10-12,14H2,1-3H3. The van der Waals surface area contributed by atoms with Crippen molar-refractivity contribution in [3.05, 3.63) is 42.0 Å². The van der Waals surface area contributed by atoms with Gasteiger partial charge in [0.15, 0.2) is 29.6 Å². The lowest BCUT2D eigenvalue weighted by Gasteiger charge is -2.23. The summed E-state index contributed by atoms with van der Waals surface area (Å²) in [6, 6.07) is 9.92. The number of nitrogens with zero attached hydrogens (tertiary/aromatic N) is 1. The van der Waals surface area contributed by atoms with Gasteiger partial charge in [0, 0.05) is 13.1 Å². The number of phenols is 2. The van der Waals surface area contributed by atoms with Gasteiger partial charge in [0.2, 0.25) is 5.75 Å². The Morgan fingerprint density at radius 2 is 1.68 bits per heavy atom. The molecule has 0 aromatic heterocycles. The molecule has 0 fully saturated rings. The Balaban J connectivity index is 2.02. The minimum Gasteiger partial charge on any atom is -0.504 e. The third-order valence-corrected chi connectivity index (χ3v) is 4.28. The van der Waals surface area contributed by atoms with Crippen LogP contribution in [0.4, 0.5) is 0 Å². The van der Waals surface area contributed by atoms with Gasteiger partial charge in [-0.25, -0.2) is 0 Å². The number of phenolic OH excluding ortho intramolecular Hbond substituents is 2. The number of rotatable bonds is 10. The maximum Gasteiger partial charge on any atom is 0.260 e. The highest BCUT2D eigenvalue weighted by Gasteiger charge is 2.17. The molecule has 7 nitrogen and oxygen atoms in total. The van der Waals surface area contributed by atoms with Crippen LogP contribution >= 0.6 is 0 Å². The molecule has 0 atom stereocenters. The molecule has 2 rings (SSSR count). The Hall–Kier alpha value is -3.09. The molecule has 1 amide bonds. The molecular weight excluding hydrogens is 362 g/mol. The summed E-state index contributed by atoms with van der Waals surface area (Å²) >= 11 is 0. The van der Waals surface area contributed by atoms with E-state index in [1.807, 2.05) is 6.92 Å². The Kier molecular flexibility index (Phi) is 7.80. The molecule has 2 aromatic rings. The topological polar surface area (TPSA) is 88.5 Å². The summed E-state index contributed by atoms with van der Waals surface area (Å²) in [5.74, 6) is 0.892. The van der Waals surface area contributed by atoms with Crippen LogP contribution in [0.5, 0.6) is 28.7 Å². The molecule has 0 radical (unpaired) electrons. The van der Waals surface area contributed by atoms with E-state index in [1.165, 1.54) is 26.4 Å². The number of aromatic hydroxyl groups is 2. The first kappa shape index (κ1) is 21.2. The molecule has 7 heteroatoms. The summed E-state index contributed by atoms with van der Waals surface area (Å²) in [4.78, 5) is 14.4. The third kappa shape index (κ3) is 5.45. The molecule has 0 aliphatic rings. The van der Waals surface area contributed by atoms with Gasteiger partial charge in [-0.3, -0.25) is 4.79 Å². The van der Waals surface area contributed by atoms with E-state index >= 15 is 0 Å². The average molecular weight is 389 g/mol. The largest absolute Gasteiger partial charge is 0.504 e. The molecule has 28 heavy (non-hydrogen) atoms. The summed E-state index contributed by atoms with van der Waals surface area (Å²) in [7, 11) is 3.06. The van der Waals surface area contributed by atoms with Crippen molar-refractivity contribution in [2.24, 2.45) is 0 Å². The number of methoxy groups -OCH3 is 2. The predicted molar refractivity (Wildman–Crippen MR) is 105 cm³/mol. The molecular formula is C21H27NO6. The maximum atomic E-state index is 12.7. The van der Waals surface area contributed by atoms with Crippen LogP contribution in [-0.2, 0) is 11.2 Å². The monoisotopic (exact) mass is 389 g/mol. The van der Waals surface area contributed by atoms with Crippen LogP contribution in [-0.4, -0.2) is 54.9 Å². The van der Waals surface area contributed by atoms with Crippen molar-refractivity contribution in [2.45, 2.75) is 19.8 Å². The molecule has 0 aliphatic heterocycles. The van der Waals surface area contributed by atoms with E-state index in [-0.39, 0.29) is 24.0 Å². The summed E-state index contributed by atoms with van der Waals surface area (Å²) in [5, 5.41) is 19.0. The van der Waals surface area contributed by atoms with Crippen LogP contribution in [0.25, 0.3) is 0 Å². The van der Waals surface area contributed by atoms with Crippen LogP contribution < -0.4 is 14.2 Å². The minimum atomic E-state index is -0.169. The van der Waals surface area contributed by atoms with Crippen molar-refractivity contribution in [3.63, 3.8) is 0 Å². The molecule has 0 aliphatic carbocycles. The van der Waals surface area contributed by atoms with Gasteiger partial charge in [0.1, 0.15) is 0 Å². The summed E-state index contributed by atoms with van der Waals surface area (Å²) in [6.07, 6.45) is 1.36. The fraction of sp³-hybridized carbons (Fsp3) is 0.381. The van der Waals surface area contributed by atoms with Gasteiger partial charge < -0.3 is 29.3 Å². The summed E-state index contributed by atoms with van der Waals surface area (Å²) in [6.45, 7) is 2.92. The molecule has 2 N–H and O–H groups in total. The van der Waals surface area contributed by atoms with Gasteiger partial charge in [-0.15, -0.1) is 0 Å². The number of carbonyl (C=O) groups is 1. The number of amides is 1. The van der Waals surface area contributed by atoms with E-state index in [0.717, 1.165) is 12.0 Å². The van der Waals surface area contributed by atoms with Crippen LogP contribution in [0.2, 0.25) is 0 Å². The average Bonchev–Trinajstić information content (AvgIpc) is 2.71. The van der Waals surface area contributed by atoms with Crippen LogP contribution in [0.1, 0.15) is 18.9 Å². The van der Waals surface area contributed by atoms with Crippen molar-refractivity contribution >= 4 is 5.91 Å². The van der Waals surface area contributed by atoms with E-state index in [0.29, 0.717) is 36.8 Å². The Bertz CT molecular complexity index is 770. The van der Waals surface area contributed by atoms with Gasteiger partial charge in [-0.05, 0) is 42.7 Å². The minimum absolute atomic E-state index is 0.141. The highest BCUT2D eigenvalue weighted by Crippen LogP contribution is 2.36. The molecule has 0 saturated heterocycles. The highest BCUT2D eigenvalue weighted by molar-refractivity contribution is 5.78. The normalized spacial score (nSPS) is 10.4. The zero-order valence-electron chi connectivity index (χ0n) is 16.5. The fourth-order valence-corrected chi connectivity index (χ4v) is 2.80. The van der Waals surface area contributed by atoms with Crippen LogP contribution in [0.15, 0.2) is 36.4 Å². The number of hydrogen-bond acceptors (Lipinski definition) is 6. The van der Waals surface area contributed by atoms with Crippen LogP contribution in [0, 0.1) is 0 Å². The van der Waals surface area contributed by atoms with Crippen molar-refractivity contribution in [1.29, 1.82) is 0 Å². The van der Waals surface area contributed by atoms with Crippen LogP contribution in [0.3, 0.4) is 0 Å². The van der Waals surface area contributed by atoms with Gasteiger partial charge >= 0.3 is 0 Å². The van der Waals surface area contributed by atoms with Gasteiger partial charge in [-0.1, -0.05) is 19.1 Å². The predicted octanol–water partition coefficient (Wildman–Crippen LogP) is 2.98. The second-order valence-electron chi connectivity index (χ2n) is 6.23. The molecule has 0 bridgehead atoms. The second-order valence-corrected chi connectivity index (χ2v) is 6.23. The van der Waals surface area contributed by atoms with E-state index in [9.17, 15) is 15.0 Å². The van der Waals surface area contributed by atoms with Crippen molar-refractivity contribution in [2.75, 3.05) is 33.9 Å². The number of carbonyl (C=O) groups excluding carboxylic acids is 1. The first-order valence-electron chi connectivity index (χ1n) is 9.12. The molecule has 2 aromatic carbocycles. The molecule has 0 unspecified atom stereocenters. The zero-order chi connectivity index (χ0) is 20.5. The summed E-state index contributed by atoms with van der Waals surface area (Å²) in [5.41, 5.74) is 0.830. The third-order valence-electron chi connectivity index (χ3n) is 4.28. The summed E-state index contributed by atoms with van der Waals surface area (Å²) < 4.78 is 16.3. The lowest BCUT2D eigenvalue weighted by atomic mass is 10.1. The highest BCUT2D eigenvalue weighted by atomic mass is 16.5. The fourth-order valence-electron chi connectivity index (χ4n) is 2.80. The van der Waals surface area contributed by atoms with E-state index < -0.39 is 0 Å². The molecule has 152 valence electrons. The SMILES string of the molecule is CCCN(CCc1ccc(O)c(O)c1)C(=O)COc1c(OC)cccc1OC. The Morgan fingerprint density at radius 3 is 2.25 bits per heavy atom. The first-order valence-corrected chi connectivity index (χ1v) is 9.12. The van der Waals surface area contributed by atoms with E-state index in [2.05, 4.69) is 0 Å². The first-order chi connectivity index (χ1) is 13.5. The number of benzene rings is 2. The lowest BCUT2D eigenvalue weighted by molar-refractivity contribution is -0.133. The Morgan fingerprint density at radius 1 is 1.00 bits per heavy atom. The molecule has 0 heterocycles. The molecule has 0 saturated carbocycles. The maximum absolute atomic E-state index is 12.7. The molecule has 0 spiro atoms. The number of ether oxygens (including phenoxy) is 3. The van der Waals surface area contributed by atoms with Crippen molar-refractivity contribution in [3.8, 4) is 28.7 Å². The zero-order valence-corrected chi connectivity index (χ0v) is 16.5.